The lowest BCUT2D eigenvalue weighted by molar-refractivity contribution is -0.0751. The number of hydrogen-bond donors (Lipinski definition) is 1. The summed E-state index contributed by atoms with van der Waals surface area (Å²) >= 11 is 0. The van der Waals surface area contributed by atoms with Gasteiger partial charge in [-0.15, -0.1) is 0 Å². The van der Waals surface area contributed by atoms with E-state index < -0.39 is 34.4 Å². The minimum Gasteiger partial charge on any atom is -0.503 e. The van der Waals surface area contributed by atoms with Crippen LogP contribution in [0.25, 0.3) is 11.3 Å². The zero-order chi connectivity index (χ0) is 22.8. The molecule has 3 aromatic rings. The molecule has 4 heterocycles. The predicted octanol–water partition coefficient (Wildman–Crippen LogP) is 2.33. The monoisotopic (exact) mass is 442 g/mol. The molecule has 0 saturated carbocycles. The Morgan fingerprint density at radius 1 is 1.28 bits per heavy atom. The van der Waals surface area contributed by atoms with Gasteiger partial charge in [0.1, 0.15) is 11.6 Å². The molecule has 0 bridgehead atoms. The van der Waals surface area contributed by atoms with Gasteiger partial charge in [-0.25, -0.2) is 13.8 Å². The van der Waals surface area contributed by atoms with Crippen LogP contribution in [0.1, 0.15) is 29.9 Å². The van der Waals surface area contributed by atoms with Gasteiger partial charge in [-0.1, -0.05) is 6.07 Å². The predicted molar refractivity (Wildman–Crippen MR) is 109 cm³/mol. The first-order valence-electron chi connectivity index (χ1n) is 10.1. The number of rotatable bonds is 3. The molecule has 1 amide bonds. The van der Waals surface area contributed by atoms with E-state index in [1.807, 2.05) is 6.92 Å². The van der Waals surface area contributed by atoms with Gasteiger partial charge >= 0.3 is 0 Å². The van der Waals surface area contributed by atoms with Crippen LogP contribution in [-0.2, 0) is 17.8 Å². The summed E-state index contributed by atoms with van der Waals surface area (Å²) in [7, 11) is 0. The second-order valence-corrected chi connectivity index (χ2v) is 8.37. The quantitative estimate of drug-likeness (QED) is 0.673. The van der Waals surface area contributed by atoms with E-state index >= 15 is 0 Å². The molecule has 2 aliphatic rings. The van der Waals surface area contributed by atoms with Crippen LogP contribution >= 0.6 is 0 Å². The van der Waals surface area contributed by atoms with Crippen molar-refractivity contribution in [1.82, 2.24) is 19.0 Å². The first-order valence-corrected chi connectivity index (χ1v) is 10.1. The zero-order valence-electron chi connectivity index (χ0n) is 17.4. The third kappa shape index (κ3) is 3.01. The number of amides is 1. The summed E-state index contributed by atoms with van der Waals surface area (Å²) in [4.78, 5) is 31.7. The van der Waals surface area contributed by atoms with E-state index in [0.717, 1.165) is 12.1 Å². The lowest BCUT2D eigenvalue weighted by atomic mass is 10.0. The second kappa shape index (κ2) is 6.99. The molecule has 2 aromatic heterocycles. The van der Waals surface area contributed by atoms with Crippen LogP contribution in [0.4, 0.5) is 8.78 Å². The summed E-state index contributed by atoms with van der Waals surface area (Å²) in [5.41, 5.74) is -1.08. The van der Waals surface area contributed by atoms with Gasteiger partial charge in [0.2, 0.25) is 5.43 Å². The highest BCUT2D eigenvalue weighted by molar-refractivity contribution is 5.97. The lowest BCUT2D eigenvalue weighted by Gasteiger charge is -2.41. The van der Waals surface area contributed by atoms with Crippen molar-refractivity contribution in [2.45, 2.75) is 38.7 Å². The van der Waals surface area contributed by atoms with Crippen molar-refractivity contribution in [3.63, 3.8) is 0 Å². The number of benzene rings is 1. The summed E-state index contributed by atoms with van der Waals surface area (Å²) in [6, 6.07) is 3.12. The number of aromatic nitrogens is 3. The highest BCUT2D eigenvalue weighted by Gasteiger charge is 2.50. The van der Waals surface area contributed by atoms with Crippen LogP contribution in [0.5, 0.6) is 5.75 Å². The van der Waals surface area contributed by atoms with E-state index in [4.69, 9.17) is 4.74 Å². The number of pyridine rings is 1. The van der Waals surface area contributed by atoms with E-state index in [9.17, 15) is 23.5 Å². The minimum absolute atomic E-state index is 0.0780. The highest BCUT2D eigenvalue weighted by atomic mass is 19.1. The van der Waals surface area contributed by atoms with E-state index in [2.05, 4.69) is 4.98 Å². The topological polar surface area (TPSA) is 89.6 Å². The normalized spacial score (nSPS) is 22.2. The van der Waals surface area contributed by atoms with E-state index in [1.54, 1.807) is 16.4 Å². The maximum Gasteiger partial charge on any atom is 0.277 e. The van der Waals surface area contributed by atoms with Crippen molar-refractivity contribution in [3.8, 4) is 17.0 Å². The van der Waals surface area contributed by atoms with E-state index in [-0.39, 0.29) is 41.6 Å². The number of aromatic hydroxyl groups is 1. The number of carbonyl (C=O) groups is 1. The van der Waals surface area contributed by atoms with Crippen molar-refractivity contribution >= 4 is 5.91 Å². The van der Waals surface area contributed by atoms with Crippen LogP contribution in [0.15, 0.2) is 41.7 Å². The van der Waals surface area contributed by atoms with Crippen molar-refractivity contribution in [1.29, 1.82) is 0 Å². The molecular weight excluding hydrogens is 422 g/mol. The SMILES string of the molecule is C[C@H]1COC2(C)Cn3cc(-c4cn(Cc5ccc(F)cc5F)cn4)c(=O)c(O)c3C(=O)N12. The summed E-state index contributed by atoms with van der Waals surface area (Å²) in [6.07, 6.45) is 4.42. The van der Waals surface area contributed by atoms with Crippen molar-refractivity contribution in [2.75, 3.05) is 6.61 Å². The molecule has 1 unspecified atom stereocenters. The van der Waals surface area contributed by atoms with E-state index in [1.165, 1.54) is 29.4 Å². The Hall–Kier alpha value is -3.53. The Morgan fingerprint density at radius 2 is 2.06 bits per heavy atom. The average molecular weight is 442 g/mol. The Morgan fingerprint density at radius 3 is 2.81 bits per heavy atom. The maximum absolute atomic E-state index is 14.0. The Balaban J connectivity index is 1.53. The Bertz CT molecular complexity index is 1320. The summed E-state index contributed by atoms with van der Waals surface area (Å²) in [5.74, 6) is -2.47. The number of fused-ring (bicyclic) bond motifs is 2. The number of halogens is 2. The van der Waals surface area contributed by atoms with Gasteiger partial charge in [0.15, 0.2) is 17.2 Å². The van der Waals surface area contributed by atoms with E-state index in [0.29, 0.717) is 6.61 Å². The fourth-order valence-corrected chi connectivity index (χ4v) is 4.49. The van der Waals surface area contributed by atoms with Gasteiger partial charge in [0, 0.05) is 24.0 Å². The molecule has 10 heteroatoms. The maximum atomic E-state index is 14.0. The van der Waals surface area contributed by atoms with Gasteiger partial charge < -0.3 is 23.9 Å². The lowest BCUT2D eigenvalue weighted by Crippen LogP contribution is -2.56. The minimum atomic E-state index is -0.887. The third-order valence-corrected chi connectivity index (χ3v) is 6.00. The fraction of sp³-hybridized carbons (Fsp3) is 0.318. The Kier molecular flexibility index (Phi) is 4.45. The summed E-state index contributed by atoms with van der Waals surface area (Å²) in [5, 5.41) is 10.6. The largest absolute Gasteiger partial charge is 0.503 e. The van der Waals surface area contributed by atoms with Crippen LogP contribution < -0.4 is 5.43 Å². The fourth-order valence-electron chi connectivity index (χ4n) is 4.49. The van der Waals surface area contributed by atoms with Gasteiger partial charge in [0.25, 0.3) is 5.91 Å². The average Bonchev–Trinajstić information content (AvgIpc) is 3.31. The molecule has 5 rings (SSSR count). The summed E-state index contributed by atoms with van der Waals surface area (Å²) < 4.78 is 36.0. The van der Waals surface area contributed by atoms with Crippen molar-refractivity contribution in [2.24, 2.45) is 0 Å². The van der Waals surface area contributed by atoms with Gasteiger partial charge in [-0.05, 0) is 19.9 Å². The second-order valence-electron chi connectivity index (χ2n) is 8.37. The standard InChI is InChI=1S/C22H20F2N4O4/c1-12-9-32-22(2)10-27-7-15(19(29)20(30)18(27)21(31)28(12)22)17-8-26(11-25-17)6-13-3-4-14(23)5-16(13)24/h3-5,7-8,11-12,30H,6,9-10H2,1-2H3/t12-,22?/m0/s1. The highest BCUT2D eigenvalue weighted by Crippen LogP contribution is 2.37. The molecule has 0 aliphatic carbocycles. The molecule has 1 fully saturated rings. The number of nitrogens with zero attached hydrogens (tertiary/aromatic N) is 4. The van der Waals surface area contributed by atoms with Gasteiger partial charge in [0.05, 0.1) is 43.3 Å². The van der Waals surface area contributed by atoms with Gasteiger partial charge in [-0.3, -0.25) is 9.59 Å². The van der Waals surface area contributed by atoms with Crippen LogP contribution in [-0.4, -0.2) is 48.4 Å². The van der Waals surface area contributed by atoms with Gasteiger partial charge in [-0.2, -0.15) is 0 Å². The number of carbonyl (C=O) groups excluding carboxylic acids is 1. The van der Waals surface area contributed by atoms with Crippen molar-refractivity contribution in [3.05, 3.63) is 70.0 Å². The molecule has 0 spiro atoms. The molecule has 0 radical (unpaired) electrons. The molecule has 2 aliphatic heterocycles. The molecule has 32 heavy (non-hydrogen) atoms. The van der Waals surface area contributed by atoms with Crippen LogP contribution in [0, 0.1) is 11.6 Å². The number of hydrogen-bond acceptors (Lipinski definition) is 5. The molecule has 1 aromatic carbocycles. The third-order valence-electron chi connectivity index (χ3n) is 6.00. The Labute approximate surface area is 181 Å². The molecule has 166 valence electrons. The molecule has 8 nitrogen and oxygen atoms in total. The zero-order valence-corrected chi connectivity index (χ0v) is 17.4. The first kappa shape index (κ1) is 20.4. The summed E-state index contributed by atoms with van der Waals surface area (Å²) in [6.45, 7) is 4.31. The molecule has 2 atom stereocenters. The van der Waals surface area contributed by atoms with Crippen molar-refractivity contribution < 1.29 is 23.4 Å². The molecule has 1 N–H and O–H groups in total. The molecule has 1 saturated heterocycles. The number of ether oxygens (including phenoxy) is 1. The van der Waals surface area contributed by atoms with Crippen LogP contribution in [0.2, 0.25) is 0 Å². The van der Waals surface area contributed by atoms with Crippen LogP contribution in [0.3, 0.4) is 0 Å². The first-order chi connectivity index (χ1) is 15.2. The smallest absolute Gasteiger partial charge is 0.277 e. The molecular formula is C22H20F2N4O4. The number of imidazole rings is 1.